The summed E-state index contributed by atoms with van der Waals surface area (Å²) < 4.78 is 0. The molecular weight excluding hydrogens is 322 g/mol. The molecule has 2 aromatic carbocycles. The van der Waals surface area contributed by atoms with E-state index in [4.69, 9.17) is 0 Å². The summed E-state index contributed by atoms with van der Waals surface area (Å²) in [5.74, 6) is -0.118. The Balaban J connectivity index is 1.92. The summed E-state index contributed by atoms with van der Waals surface area (Å²) in [4.78, 5) is 19.3. The molecule has 132 valence electrons. The normalized spacial score (nSPS) is 10.6. The van der Waals surface area contributed by atoms with Crippen molar-refractivity contribution in [2.24, 2.45) is 0 Å². The molecule has 4 heteroatoms. The number of para-hydroxylation sites is 1. The summed E-state index contributed by atoms with van der Waals surface area (Å²) in [6.07, 6.45) is 1.67. The number of carbonyl (C=O) groups excluding carboxylic acids is 1. The van der Waals surface area contributed by atoms with Crippen LogP contribution in [0.25, 0.3) is 0 Å². The van der Waals surface area contributed by atoms with Crippen molar-refractivity contribution in [3.63, 3.8) is 0 Å². The molecule has 3 aromatic rings. The Bertz CT molecular complexity index is 848. The molecule has 0 saturated heterocycles. The highest BCUT2D eigenvalue weighted by molar-refractivity contribution is 6.05. The van der Waals surface area contributed by atoms with Crippen molar-refractivity contribution in [2.45, 2.75) is 26.4 Å². The molecule has 0 aliphatic heterocycles. The lowest BCUT2D eigenvalue weighted by Gasteiger charge is -2.23. The number of amides is 1. The van der Waals surface area contributed by atoms with Crippen molar-refractivity contribution < 1.29 is 4.79 Å². The van der Waals surface area contributed by atoms with Gasteiger partial charge in [0.05, 0.1) is 6.54 Å². The highest BCUT2D eigenvalue weighted by Crippen LogP contribution is 2.20. The lowest BCUT2D eigenvalue weighted by Crippen LogP contribution is -2.31. The first-order valence-electron chi connectivity index (χ1n) is 8.77. The van der Waals surface area contributed by atoms with E-state index in [1.807, 2.05) is 72.8 Å². The van der Waals surface area contributed by atoms with Crippen LogP contribution in [-0.4, -0.2) is 16.9 Å². The monoisotopic (exact) mass is 345 g/mol. The molecule has 0 saturated carbocycles. The molecule has 0 bridgehead atoms. The highest BCUT2D eigenvalue weighted by Gasteiger charge is 2.19. The Morgan fingerprint density at radius 1 is 1.00 bits per heavy atom. The average molecular weight is 345 g/mol. The fraction of sp³-hybridized carbons (Fsp3) is 0.182. The van der Waals surface area contributed by atoms with Crippen molar-refractivity contribution in [2.75, 3.05) is 10.2 Å². The Labute approximate surface area is 154 Å². The van der Waals surface area contributed by atoms with Gasteiger partial charge >= 0.3 is 0 Å². The smallest absolute Gasteiger partial charge is 0.277 e. The van der Waals surface area contributed by atoms with Gasteiger partial charge in [0.25, 0.3) is 5.91 Å². The first-order valence-corrected chi connectivity index (χ1v) is 8.77. The third kappa shape index (κ3) is 4.48. The molecule has 1 N–H and O–H groups in total. The number of aromatic nitrogens is 1. The van der Waals surface area contributed by atoms with Gasteiger partial charge in [-0.25, -0.2) is 0 Å². The van der Waals surface area contributed by atoms with Crippen molar-refractivity contribution >= 4 is 17.3 Å². The van der Waals surface area contributed by atoms with Crippen LogP contribution in [0.1, 0.15) is 29.9 Å². The maximum Gasteiger partial charge on any atom is 0.277 e. The summed E-state index contributed by atoms with van der Waals surface area (Å²) in [5, 5.41) is 3.32. The molecule has 0 radical (unpaired) electrons. The van der Waals surface area contributed by atoms with Crippen LogP contribution in [0.3, 0.4) is 0 Å². The molecular formula is C22H23N3O. The van der Waals surface area contributed by atoms with E-state index in [1.54, 1.807) is 11.1 Å². The molecule has 0 aliphatic carbocycles. The Morgan fingerprint density at radius 3 is 2.31 bits per heavy atom. The molecule has 0 aliphatic rings. The minimum Gasteiger partial charge on any atom is -0.383 e. The summed E-state index contributed by atoms with van der Waals surface area (Å²) in [5.41, 5.74) is 3.24. The van der Waals surface area contributed by atoms with Gasteiger partial charge in [-0.2, -0.15) is 0 Å². The number of hydrogen-bond acceptors (Lipinski definition) is 3. The standard InChI is InChI=1S/C22H23N3O/c1-17(2)24-19-13-14-23-21(15-19)22(26)25(20-11-7-4-8-12-20)16-18-9-5-3-6-10-18/h3-15,17H,16H2,1-2H3,(H,23,24). The zero-order valence-electron chi connectivity index (χ0n) is 15.1. The predicted molar refractivity (Wildman–Crippen MR) is 106 cm³/mol. The molecule has 1 aromatic heterocycles. The molecule has 0 atom stereocenters. The highest BCUT2D eigenvalue weighted by atomic mass is 16.2. The van der Waals surface area contributed by atoms with E-state index in [-0.39, 0.29) is 11.9 Å². The fourth-order valence-corrected chi connectivity index (χ4v) is 2.76. The van der Waals surface area contributed by atoms with Crippen LogP contribution in [0.15, 0.2) is 79.0 Å². The van der Waals surface area contributed by atoms with Gasteiger partial charge in [-0.1, -0.05) is 48.5 Å². The molecule has 26 heavy (non-hydrogen) atoms. The third-order valence-electron chi connectivity index (χ3n) is 3.93. The van der Waals surface area contributed by atoms with E-state index in [0.717, 1.165) is 16.9 Å². The lowest BCUT2D eigenvalue weighted by atomic mass is 10.1. The van der Waals surface area contributed by atoms with Gasteiger partial charge in [0.1, 0.15) is 5.69 Å². The summed E-state index contributed by atoms with van der Waals surface area (Å²) in [6.45, 7) is 4.62. The number of nitrogens with one attached hydrogen (secondary N) is 1. The Morgan fingerprint density at radius 2 is 1.65 bits per heavy atom. The van der Waals surface area contributed by atoms with Crippen LogP contribution in [0.4, 0.5) is 11.4 Å². The van der Waals surface area contributed by atoms with Crippen molar-refractivity contribution in [1.29, 1.82) is 0 Å². The lowest BCUT2D eigenvalue weighted by molar-refractivity contribution is 0.0980. The first kappa shape index (κ1) is 17.7. The largest absolute Gasteiger partial charge is 0.383 e. The van der Waals surface area contributed by atoms with Crippen LogP contribution < -0.4 is 10.2 Å². The maximum atomic E-state index is 13.2. The van der Waals surface area contributed by atoms with Crippen LogP contribution in [-0.2, 0) is 6.54 Å². The quantitative estimate of drug-likeness (QED) is 0.701. The number of carbonyl (C=O) groups is 1. The number of benzene rings is 2. The Hall–Kier alpha value is -3.14. The second-order valence-electron chi connectivity index (χ2n) is 6.44. The molecule has 1 amide bonds. The van der Waals surface area contributed by atoms with Crippen LogP contribution >= 0.6 is 0 Å². The maximum absolute atomic E-state index is 13.2. The van der Waals surface area contributed by atoms with E-state index < -0.39 is 0 Å². The van der Waals surface area contributed by atoms with Gasteiger partial charge in [0.15, 0.2) is 0 Å². The van der Waals surface area contributed by atoms with E-state index >= 15 is 0 Å². The average Bonchev–Trinajstić information content (AvgIpc) is 2.67. The van der Waals surface area contributed by atoms with Gasteiger partial charge in [0.2, 0.25) is 0 Å². The van der Waals surface area contributed by atoms with E-state index in [9.17, 15) is 4.79 Å². The van der Waals surface area contributed by atoms with Crippen molar-refractivity contribution in [3.05, 3.63) is 90.3 Å². The molecule has 4 nitrogen and oxygen atoms in total. The summed E-state index contributed by atoms with van der Waals surface area (Å²) in [6, 6.07) is 23.6. The van der Waals surface area contributed by atoms with Gasteiger partial charge in [-0.3, -0.25) is 9.78 Å². The SMILES string of the molecule is CC(C)Nc1ccnc(C(=O)N(Cc2ccccc2)c2ccccc2)c1. The summed E-state index contributed by atoms with van der Waals surface area (Å²) >= 11 is 0. The second-order valence-corrected chi connectivity index (χ2v) is 6.44. The van der Waals surface area contributed by atoms with Crippen LogP contribution in [0, 0.1) is 0 Å². The van der Waals surface area contributed by atoms with E-state index in [0.29, 0.717) is 12.2 Å². The van der Waals surface area contributed by atoms with Crippen molar-refractivity contribution in [1.82, 2.24) is 4.98 Å². The van der Waals surface area contributed by atoms with Gasteiger partial charge in [-0.15, -0.1) is 0 Å². The second kappa shape index (κ2) is 8.30. The number of rotatable bonds is 6. The van der Waals surface area contributed by atoms with E-state index in [2.05, 4.69) is 24.1 Å². The number of hydrogen-bond donors (Lipinski definition) is 1. The minimum absolute atomic E-state index is 0.118. The molecule has 3 rings (SSSR count). The summed E-state index contributed by atoms with van der Waals surface area (Å²) in [7, 11) is 0. The van der Waals surface area contributed by atoms with Gasteiger partial charge < -0.3 is 10.2 Å². The first-order chi connectivity index (χ1) is 12.6. The van der Waals surface area contributed by atoms with E-state index in [1.165, 1.54) is 0 Å². The van der Waals surface area contributed by atoms with Crippen LogP contribution in [0.5, 0.6) is 0 Å². The third-order valence-corrected chi connectivity index (χ3v) is 3.93. The zero-order valence-corrected chi connectivity index (χ0v) is 15.1. The topological polar surface area (TPSA) is 45.2 Å². The number of nitrogens with zero attached hydrogens (tertiary/aromatic N) is 2. The zero-order chi connectivity index (χ0) is 18.4. The molecule has 1 heterocycles. The number of pyridine rings is 1. The van der Waals surface area contributed by atoms with Crippen molar-refractivity contribution in [3.8, 4) is 0 Å². The number of anilines is 2. The van der Waals surface area contributed by atoms with Gasteiger partial charge in [0, 0.05) is 23.6 Å². The molecule has 0 spiro atoms. The fourth-order valence-electron chi connectivity index (χ4n) is 2.76. The van der Waals surface area contributed by atoms with Crippen LogP contribution in [0.2, 0.25) is 0 Å². The minimum atomic E-state index is -0.118. The van der Waals surface area contributed by atoms with Gasteiger partial charge in [-0.05, 0) is 43.7 Å². The Kier molecular flexibility index (Phi) is 5.64. The molecule has 0 fully saturated rings. The predicted octanol–water partition coefficient (Wildman–Crippen LogP) is 4.75. The molecule has 0 unspecified atom stereocenters.